The average molecular weight is 458 g/mol. The van der Waals surface area contributed by atoms with Gasteiger partial charge in [0.2, 0.25) is 0 Å². The molecule has 0 aliphatic rings. The van der Waals surface area contributed by atoms with Crippen molar-refractivity contribution in [1.82, 2.24) is 9.97 Å². The highest BCUT2D eigenvalue weighted by Gasteiger charge is 2.15. The minimum atomic E-state index is -0.536. The average Bonchev–Trinajstić information content (AvgIpc) is 3.20. The summed E-state index contributed by atoms with van der Waals surface area (Å²) < 4.78 is 0. The Hall–Kier alpha value is -2.58. The van der Waals surface area contributed by atoms with Crippen molar-refractivity contribution in [3.8, 4) is 11.8 Å². The van der Waals surface area contributed by atoms with Crippen molar-refractivity contribution in [2.75, 3.05) is 0 Å². The molecular formula is C25H29Cl2N3O. The number of benzene rings is 2. The van der Waals surface area contributed by atoms with Crippen LogP contribution in [0.2, 0.25) is 0 Å². The van der Waals surface area contributed by atoms with E-state index < -0.39 is 6.04 Å². The molecule has 0 bridgehead atoms. The second-order valence-electron chi connectivity index (χ2n) is 8.30. The van der Waals surface area contributed by atoms with E-state index in [9.17, 15) is 4.79 Å². The highest BCUT2D eigenvalue weighted by molar-refractivity contribution is 5.86. The number of Topliss-reactive ketones (excluding diaryl/α,β-unsaturated/α-hetero) is 1. The largest absolute Gasteiger partial charge is 0.348 e. The maximum atomic E-state index is 12.3. The fraction of sp³-hybridized carbons (Fsp3) is 0.280. The van der Waals surface area contributed by atoms with Gasteiger partial charge in [-0.25, -0.2) is 4.98 Å². The summed E-state index contributed by atoms with van der Waals surface area (Å²) in [5, 5.41) is 0. The third-order valence-corrected chi connectivity index (χ3v) is 4.84. The van der Waals surface area contributed by atoms with Crippen LogP contribution in [0.25, 0.3) is 0 Å². The summed E-state index contributed by atoms with van der Waals surface area (Å²) in [7, 11) is 0. The molecule has 0 aliphatic heterocycles. The van der Waals surface area contributed by atoms with Gasteiger partial charge < -0.3 is 10.7 Å². The second-order valence-corrected chi connectivity index (χ2v) is 8.30. The number of halogens is 2. The number of hydrogen-bond acceptors (Lipinski definition) is 3. The first-order chi connectivity index (χ1) is 13.8. The van der Waals surface area contributed by atoms with Gasteiger partial charge in [0, 0.05) is 35.9 Å². The van der Waals surface area contributed by atoms with Crippen LogP contribution in [-0.2, 0) is 23.1 Å². The quantitative estimate of drug-likeness (QED) is 0.548. The van der Waals surface area contributed by atoms with Crippen LogP contribution in [0.5, 0.6) is 0 Å². The van der Waals surface area contributed by atoms with Crippen molar-refractivity contribution in [2.24, 2.45) is 5.73 Å². The van der Waals surface area contributed by atoms with Crippen LogP contribution in [0.3, 0.4) is 0 Å². The number of carbonyl (C=O) groups is 1. The minimum absolute atomic E-state index is 0. The third-order valence-electron chi connectivity index (χ3n) is 4.84. The van der Waals surface area contributed by atoms with Gasteiger partial charge in [0.1, 0.15) is 0 Å². The molecule has 0 fully saturated rings. The molecule has 6 heteroatoms. The Morgan fingerprint density at radius 3 is 2.03 bits per heavy atom. The zero-order chi connectivity index (χ0) is 20.9. The van der Waals surface area contributed by atoms with Gasteiger partial charge in [-0.3, -0.25) is 4.79 Å². The molecule has 0 saturated heterocycles. The maximum Gasteiger partial charge on any atom is 0.154 e. The molecule has 0 spiro atoms. The lowest BCUT2D eigenvalue weighted by Gasteiger charge is -2.18. The number of nitrogens with one attached hydrogen (secondary N) is 1. The summed E-state index contributed by atoms with van der Waals surface area (Å²) in [5.74, 6) is 6.39. The Bertz CT molecular complexity index is 1010. The molecule has 4 nitrogen and oxygen atoms in total. The SMILES string of the molecule is CC(C)(C)c1ccc(C#Cc2ccc(CC(=O)[C@@H](N)Cc3cnc[nH]3)cc2)cc1.Cl.Cl. The van der Waals surface area contributed by atoms with Crippen molar-refractivity contribution < 1.29 is 4.79 Å². The molecule has 31 heavy (non-hydrogen) atoms. The van der Waals surface area contributed by atoms with E-state index in [1.807, 2.05) is 24.3 Å². The van der Waals surface area contributed by atoms with Gasteiger partial charge in [-0.15, -0.1) is 24.8 Å². The molecule has 3 N–H and O–H groups in total. The smallest absolute Gasteiger partial charge is 0.154 e. The van der Waals surface area contributed by atoms with Gasteiger partial charge in [-0.05, 0) is 40.8 Å². The molecule has 164 valence electrons. The highest BCUT2D eigenvalue weighted by Crippen LogP contribution is 2.22. The zero-order valence-electron chi connectivity index (χ0n) is 18.0. The molecule has 0 saturated carbocycles. The Balaban J connectivity index is 0.00000240. The summed E-state index contributed by atoms with van der Waals surface area (Å²) in [5.41, 5.74) is 11.2. The van der Waals surface area contributed by atoms with Gasteiger partial charge in [-0.1, -0.05) is 56.9 Å². The van der Waals surface area contributed by atoms with Crippen LogP contribution >= 0.6 is 24.8 Å². The number of nitrogens with two attached hydrogens (primary N) is 1. The molecule has 0 unspecified atom stereocenters. The van der Waals surface area contributed by atoms with Crippen LogP contribution in [0, 0.1) is 11.8 Å². The number of aromatic amines is 1. The Kier molecular flexibility index (Phi) is 10.00. The molecule has 1 atom stereocenters. The first-order valence-corrected chi connectivity index (χ1v) is 9.78. The van der Waals surface area contributed by atoms with Crippen molar-refractivity contribution in [1.29, 1.82) is 0 Å². The van der Waals surface area contributed by atoms with E-state index in [4.69, 9.17) is 5.73 Å². The van der Waals surface area contributed by atoms with E-state index in [0.717, 1.165) is 22.4 Å². The lowest BCUT2D eigenvalue weighted by atomic mass is 9.87. The van der Waals surface area contributed by atoms with Gasteiger partial charge in [-0.2, -0.15) is 0 Å². The van der Waals surface area contributed by atoms with Gasteiger partial charge in [0.15, 0.2) is 5.78 Å². The van der Waals surface area contributed by atoms with Crippen LogP contribution in [-0.4, -0.2) is 21.8 Å². The number of H-pyrrole nitrogens is 1. The number of nitrogens with zero attached hydrogens (tertiary/aromatic N) is 1. The molecule has 2 aromatic carbocycles. The first-order valence-electron chi connectivity index (χ1n) is 9.78. The third kappa shape index (κ3) is 7.88. The van der Waals surface area contributed by atoms with E-state index in [1.165, 1.54) is 5.56 Å². The maximum absolute atomic E-state index is 12.3. The molecule has 0 aliphatic carbocycles. The Morgan fingerprint density at radius 1 is 1.00 bits per heavy atom. The van der Waals surface area contributed by atoms with Crippen LogP contribution < -0.4 is 5.73 Å². The Labute approximate surface area is 196 Å². The van der Waals surface area contributed by atoms with E-state index in [1.54, 1.807) is 12.5 Å². The summed E-state index contributed by atoms with van der Waals surface area (Å²) in [6.45, 7) is 6.60. The fourth-order valence-electron chi connectivity index (χ4n) is 2.98. The van der Waals surface area contributed by atoms with Gasteiger partial charge >= 0.3 is 0 Å². The lowest BCUT2D eigenvalue weighted by Crippen LogP contribution is -2.34. The van der Waals surface area contributed by atoms with E-state index in [0.29, 0.717) is 12.8 Å². The van der Waals surface area contributed by atoms with Crippen molar-refractivity contribution in [2.45, 2.75) is 45.1 Å². The number of aromatic nitrogens is 2. The van der Waals surface area contributed by atoms with Crippen molar-refractivity contribution >= 4 is 30.6 Å². The molecule has 3 rings (SSSR count). The summed E-state index contributed by atoms with van der Waals surface area (Å²) in [6.07, 6.45) is 4.07. The molecule has 1 heterocycles. The number of imidazole rings is 1. The summed E-state index contributed by atoms with van der Waals surface area (Å²) in [6, 6.07) is 15.6. The number of carbonyl (C=O) groups excluding carboxylic acids is 1. The van der Waals surface area contributed by atoms with Crippen LogP contribution in [0.1, 0.15) is 48.7 Å². The van der Waals surface area contributed by atoms with E-state index >= 15 is 0 Å². The second kappa shape index (κ2) is 11.7. The van der Waals surface area contributed by atoms with Crippen LogP contribution in [0.4, 0.5) is 0 Å². The lowest BCUT2D eigenvalue weighted by molar-refractivity contribution is -0.119. The first kappa shape index (κ1) is 26.5. The fourth-order valence-corrected chi connectivity index (χ4v) is 2.98. The Morgan fingerprint density at radius 2 is 1.55 bits per heavy atom. The van der Waals surface area contributed by atoms with E-state index in [2.05, 4.69) is 66.8 Å². The summed E-state index contributed by atoms with van der Waals surface area (Å²) in [4.78, 5) is 19.3. The monoisotopic (exact) mass is 457 g/mol. The van der Waals surface area contributed by atoms with Gasteiger partial charge in [0.25, 0.3) is 0 Å². The van der Waals surface area contributed by atoms with Gasteiger partial charge in [0.05, 0.1) is 12.4 Å². The topological polar surface area (TPSA) is 71.8 Å². The van der Waals surface area contributed by atoms with Crippen molar-refractivity contribution in [3.63, 3.8) is 0 Å². The number of ketones is 1. The number of hydrogen-bond donors (Lipinski definition) is 2. The molecular weight excluding hydrogens is 429 g/mol. The standard InChI is InChI=1S/C25H27N3O.2ClH/c1-25(2,3)21-12-10-19(11-13-21)5-4-18-6-8-20(9-7-18)14-24(29)23(26)15-22-16-27-17-28-22;;/h6-13,16-17,23H,14-15,26H2,1-3H3,(H,27,28);2*1H/t23-;;/m0../s1. The normalized spacial score (nSPS) is 11.4. The summed E-state index contributed by atoms with van der Waals surface area (Å²) >= 11 is 0. The predicted molar refractivity (Wildman–Crippen MR) is 131 cm³/mol. The van der Waals surface area contributed by atoms with Crippen molar-refractivity contribution in [3.05, 3.63) is 89.0 Å². The molecule has 3 aromatic rings. The molecule has 1 aromatic heterocycles. The van der Waals surface area contributed by atoms with Crippen LogP contribution in [0.15, 0.2) is 61.1 Å². The highest BCUT2D eigenvalue weighted by atomic mass is 35.5. The molecule has 0 radical (unpaired) electrons. The molecule has 0 amide bonds. The minimum Gasteiger partial charge on any atom is -0.348 e. The number of rotatable bonds is 5. The zero-order valence-corrected chi connectivity index (χ0v) is 19.6. The van der Waals surface area contributed by atoms with E-state index in [-0.39, 0.29) is 36.0 Å². The predicted octanol–water partition coefficient (Wildman–Crippen LogP) is 4.63.